The molecule has 0 saturated heterocycles. The van der Waals surface area contributed by atoms with Gasteiger partial charge in [0.15, 0.2) is 11.6 Å². The first-order valence-corrected chi connectivity index (χ1v) is 6.70. The van der Waals surface area contributed by atoms with E-state index in [0.29, 0.717) is 5.69 Å². The zero-order valence-corrected chi connectivity index (χ0v) is 12.1. The van der Waals surface area contributed by atoms with Gasteiger partial charge in [-0.2, -0.15) is 5.10 Å². The third-order valence-corrected chi connectivity index (χ3v) is 2.90. The Balaban J connectivity index is 2.49. The van der Waals surface area contributed by atoms with Gasteiger partial charge < -0.3 is 5.32 Å². The van der Waals surface area contributed by atoms with Crippen LogP contribution in [-0.4, -0.2) is 15.8 Å². The molecule has 5 heteroatoms. The molecular formula is C15H19F2N3. The average molecular weight is 279 g/mol. The van der Waals surface area contributed by atoms with Gasteiger partial charge in [-0.25, -0.2) is 13.5 Å². The van der Waals surface area contributed by atoms with Crippen LogP contribution in [0.5, 0.6) is 0 Å². The molecule has 2 rings (SSSR count). The van der Waals surface area contributed by atoms with Gasteiger partial charge in [0.25, 0.3) is 0 Å². The van der Waals surface area contributed by atoms with E-state index in [1.54, 1.807) is 4.68 Å². The topological polar surface area (TPSA) is 29.9 Å². The van der Waals surface area contributed by atoms with Crippen molar-refractivity contribution in [3.8, 4) is 5.69 Å². The highest BCUT2D eigenvalue weighted by Gasteiger charge is 2.14. The zero-order chi connectivity index (χ0) is 14.9. The van der Waals surface area contributed by atoms with E-state index in [0.717, 1.165) is 23.6 Å². The smallest absolute Gasteiger partial charge is 0.160 e. The zero-order valence-electron chi connectivity index (χ0n) is 12.1. The van der Waals surface area contributed by atoms with Crippen LogP contribution in [0.15, 0.2) is 24.3 Å². The van der Waals surface area contributed by atoms with E-state index in [1.807, 2.05) is 33.8 Å². The Bertz CT molecular complexity index is 603. The van der Waals surface area contributed by atoms with Crippen LogP contribution in [0.2, 0.25) is 0 Å². The number of hydrogen-bond donors (Lipinski definition) is 1. The molecule has 0 amide bonds. The van der Waals surface area contributed by atoms with Crippen LogP contribution in [0.3, 0.4) is 0 Å². The minimum atomic E-state index is -0.875. The van der Waals surface area contributed by atoms with E-state index in [-0.39, 0.29) is 12.0 Å². The molecule has 2 aromatic rings. The highest BCUT2D eigenvalue weighted by Crippen LogP contribution is 2.23. The Kier molecular flexibility index (Phi) is 4.06. The minimum absolute atomic E-state index is 0.218. The Labute approximate surface area is 117 Å². The summed E-state index contributed by atoms with van der Waals surface area (Å²) in [5, 5.41) is 7.73. The summed E-state index contributed by atoms with van der Waals surface area (Å²) in [6.45, 7) is 8.10. The second kappa shape index (κ2) is 5.61. The van der Waals surface area contributed by atoms with Gasteiger partial charge >= 0.3 is 0 Å². The van der Waals surface area contributed by atoms with Gasteiger partial charge in [-0.15, -0.1) is 0 Å². The predicted molar refractivity (Wildman–Crippen MR) is 76.3 cm³/mol. The van der Waals surface area contributed by atoms with E-state index >= 15 is 0 Å². The van der Waals surface area contributed by atoms with Crippen molar-refractivity contribution in [2.24, 2.45) is 0 Å². The maximum Gasteiger partial charge on any atom is 0.160 e. The lowest BCUT2D eigenvalue weighted by molar-refractivity contribution is 0.507. The Hall–Kier alpha value is -1.91. The highest BCUT2D eigenvalue weighted by molar-refractivity contribution is 5.47. The lowest BCUT2D eigenvalue weighted by Crippen LogP contribution is -2.13. The van der Waals surface area contributed by atoms with Crippen LogP contribution in [0.4, 0.5) is 14.6 Å². The fourth-order valence-electron chi connectivity index (χ4n) is 1.89. The Morgan fingerprint density at radius 3 is 2.30 bits per heavy atom. The first-order valence-electron chi connectivity index (χ1n) is 6.70. The van der Waals surface area contributed by atoms with Gasteiger partial charge in [-0.05, 0) is 31.9 Å². The van der Waals surface area contributed by atoms with Gasteiger partial charge in [0.05, 0.1) is 11.4 Å². The average Bonchev–Trinajstić information content (AvgIpc) is 2.76. The third kappa shape index (κ3) is 2.98. The van der Waals surface area contributed by atoms with Crippen molar-refractivity contribution in [1.29, 1.82) is 0 Å². The fraction of sp³-hybridized carbons (Fsp3) is 0.400. The van der Waals surface area contributed by atoms with Crippen LogP contribution in [0, 0.1) is 11.6 Å². The van der Waals surface area contributed by atoms with E-state index < -0.39 is 11.6 Å². The normalized spacial score (nSPS) is 11.4. The van der Waals surface area contributed by atoms with Crippen molar-refractivity contribution in [3.63, 3.8) is 0 Å². The summed E-state index contributed by atoms with van der Waals surface area (Å²) in [6, 6.07) is 5.93. The van der Waals surface area contributed by atoms with Crippen molar-refractivity contribution in [2.75, 3.05) is 5.32 Å². The van der Waals surface area contributed by atoms with Crippen LogP contribution >= 0.6 is 0 Å². The quantitative estimate of drug-likeness (QED) is 0.913. The fourth-order valence-corrected chi connectivity index (χ4v) is 1.89. The molecule has 0 fully saturated rings. The van der Waals surface area contributed by atoms with Gasteiger partial charge in [-0.1, -0.05) is 13.8 Å². The monoisotopic (exact) mass is 279 g/mol. The molecule has 1 heterocycles. The maximum atomic E-state index is 13.4. The molecule has 0 aliphatic carbocycles. The number of halogens is 2. The second-order valence-electron chi connectivity index (χ2n) is 5.42. The summed E-state index contributed by atoms with van der Waals surface area (Å²) < 4.78 is 28.0. The van der Waals surface area contributed by atoms with Crippen LogP contribution in [0.25, 0.3) is 5.69 Å². The van der Waals surface area contributed by atoms with Crippen molar-refractivity contribution in [3.05, 3.63) is 41.6 Å². The van der Waals surface area contributed by atoms with Crippen molar-refractivity contribution in [2.45, 2.75) is 39.7 Å². The van der Waals surface area contributed by atoms with Crippen molar-refractivity contribution >= 4 is 5.82 Å². The van der Waals surface area contributed by atoms with E-state index in [2.05, 4.69) is 10.4 Å². The standard InChI is InChI=1S/C15H19F2N3/c1-9(2)14-8-15(18-10(3)4)20(19-14)11-5-6-12(16)13(17)7-11/h5-10,18H,1-4H3. The number of nitrogens with one attached hydrogen (secondary N) is 1. The summed E-state index contributed by atoms with van der Waals surface area (Å²) in [5.41, 5.74) is 1.40. The molecule has 1 aromatic carbocycles. The lowest BCUT2D eigenvalue weighted by atomic mass is 10.1. The molecule has 108 valence electrons. The number of anilines is 1. The molecule has 3 nitrogen and oxygen atoms in total. The van der Waals surface area contributed by atoms with Crippen LogP contribution < -0.4 is 5.32 Å². The van der Waals surface area contributed by atoms with Gasteiger partial charge in [0.1, 0.15) is 5.82 Å². The summed E-state index contributed by atoms with van der Waals surface area (Å²) in [5.74, 6) is -0.702. The molecule has 0 spiro atoms. The molecule has 0 bridgehead atoms. The van der Waals surface area contributed by atoms with Gasteiger partial charge in [0.2, 0.25) is 0 Å². The van der Waals surface area contributed by atoms with E-state index in [9.17, 15) is 8.78 Å². The summed E-state index contributed by atoms with van der Waals surface area (Å²) in [6.07, 6.45) is 0. The SMILES string of the molecule is CC(C)Nc1cc(C(C)C)nn1-c1ccc(F)c(F)c1. The van der Waals surface area contributed by atoms with Crippen LogP contribution in [0.1, 0.15) is 39.3 Å². The second-order valence-corrected chi connectivity index (χ2v) is 5.42. The maximum absolute atomic E-state index is 13.4. The molecule has 0 atom stereocenters. The summed E-state index contributed by atoms with van der Waals surface area (Å²) >= 11 is 0. The molecule has 0 radical (unpaired) electrons. The Morgan fingerprint density at radius 1 is 1.05 bits per heavy atom. The molecule has 1 N–H and O–H groups in total. The first kappa shape index (κ1) is 14.5. The molecule has 0 saturated carbocycles. The molecule has 0 unspecified atom stereocenters. The molecule has 0 aliphatic heterocycles. The molecule has 0 aliphatic rings. The van der Waals surface area contributed by atoms with Gasteiger partial charge in [0, 0.05) is 18.2 Å². The number of benzene rings is 1. The first-order chi connectivity index (χ1) is 9.38. The van der Waals surface area contributed by atoms with Crippen molar-refractivity contribution in [1.82, 2.24) is 9.78 Å². The summed E-state index contributed by atoms with van der Waals surface area (Å²) in [7, 11) is 0. The van der Waals surface area contributed by atoms with E-state index in [1.165, 1.54) is 6.07 Å². The lowest BCUT2D eigenvalue weighted by Gasteiger charge is -2.12. The number of rotatable bonds is 4. The molecule has 20 heavy (non-hydrogen) atoms. The van der Waals surface area contributed by atoms with Crippen LogP contribution in [-0.2, 0) is 0 Å². The largest absolute Gasteiger partial charge is 0.368 e. The number of nitrogens with zero attached hydrogens (tertiary/aromatic N) is 2. The number of aromatic nitrogens is 2. The van der Waals surface area contributed by atoms with Crippen molar-refractivity contribution < 1.29 is 8.78 Å². The summed E-state index contributed by atoms with van der Waals surface area (Å²) in [4.78, 5) is 0. The minimum Gasteiger partial charge on any atom is -0.368 e. The number of hydrogen-bond acceptors (Lipinski definition) is 2. The predicted octanol–water partition coefficient (Wildman–Crippen LogP) is 4.09. The van der Waals surface area contributed by atoms with E-state index in [4.69, 9.17) is 0 Å². The third-order valence-electron chi connectivity index (χ3n) is 2.90. The molecule has 1 aromatic heterocycles. The molecular weight excluding hydrogens is 260 g/mol. The highest BCUT2D eigenvalue weighted by atomic mass is 19.2. The van der Waals surface area contributed by atoms with Gasteiger partial charge in [-0.3, -0.25) is 0 Å². The Morgan fingerprint density at radius 2 is 1.75 bits per heavy atom.